The number of likely N-dealkylation sites (tertiary alicyclic amines) is 1. The Morgan fingerprint density at radius 1 is 1.07 bits per heavy atom. The fraction of sp³-hybridized carbons (Fsp3) is 0.917. The molecule has 0 bridgehead atoms. The molecule has 1 aliphatic heterocycles. The normalized spacial score (nSPS) is 33.9. The zero-order valence-electron chi connectivity index (χ0n) is 9.32. The van der Waals surface area contributed by atoms with Gasteiger partial charge in [-0.05, 0) is 32.1 Å². The smallest absolute Gasteiger partial charge is 0.222 e. The number of hydrogen-bond acceptors (Lipinski definition) is 2. The van der Waals surface area contributed by atoms with E-state index in [1.165, 1.54) is 12.8 Å². The minimum atomic E-state index is -0.270. The highest BCUT2D eigenvalue weighted by Crippen LogP contribution is 2.26. The van der Waals surface area contributed by atoms with Gasteiger partial charge in [0.25, 0.3) is 0 Å². The maximum absolute atomic E-state index is 11.9. The summed E-state index contributed by atoms with van der Waals surface area (Å²) in [5.74, 6) is 0.264. The molecular formula is C12H21NO2. The summed E-state index contributed by atoms with van der Waals surface area (Å²) < 4.78 is 0. The lowest BCUT2D eigenvalue weighted by atomic mass is 10.0. The van der Waals surface area contributed by atoms with Gasteiger partial charge in [-0.3, -0.25) is 4.79 Å². The highest BCUT2D eigenvalue weighted by molar-refractivity contribution is 5.76. The van der Waals surface area contributed by atoms with E-state index in [1.807, 2.05) is 4.90 Å². The zero-order valence-corrected chi connectivity index (χ0v) is 9.32. The first-order chi connectivity index (χ1) is 7.29. The molecule has 0 radical (unpaired) electrons. The van der Waals surface area contributed by atoms with Crippen LogP contribution in [0.25, 0.3) is 0 Å². The first-order valence-corrected chi connectivity index (χ1v) is 6.26. The molecule has 2 rings (SSSR count). The fourth-order valence-electron chi connectivity index (χ4n) is 2.82. The van der Waals surface area contributed by atoms with Crippen LogP contribution in [0.5, 0.6) is 0 Å². The molecule has 0 aromatic rings. The molecule has 1 saturated heterocycles. The highest BCUT2D eigenvalue weighted by atomic mass is 16.3. The van der Waals surface area contributed by atoms with E-state index < -0.39 is 0 Å². The number of nitrogens with zero attached hydrogens (tertiary/aromatic N) is 1. The lowest BCUT2D eigenvalue weighted by Crippen LogP contribution is -2.45. The maximum Gasteiger partial charge on any atom is 0.222 e. The first kappa shape index (κ1) is 10.9. The van der Waals surface area contributed by atoms with Crippen molar-refractivity contribution in [2.45, 2.75) is 63.5 Å². The van der Waals surface area contributed by atoms with Gasteiger partial charge in [-0.2, -0.15) is 0 Å². The van der Waals surface area contributed by atoms with Crippen molar-refractivity contribution in [2.75, 3.05) is 6.54 Å². The van der Waals surface area contributed by atoms with Gasteiger partial charge < -0.3 is 10.0 Å². The van der Waals surface area contributed by atoms with Crippen LogP contribution in [-0.4, -0.2) is 34.6 Å². The lowest BCUT2D eigenvalue weighted by molar-refractivity contribution is -0.136. The van der Waals surface area contributed by atoms with Crippen molar-refractivity contribution in [3.63, 3.8) is 0 Å². The van der Waals surface area contributed by atoms with E-state index in [0.29, 0.717) is 6.42 Å². The summed E-state index contributed by atoms with van der Waals surface area (Å²) in [6.07, 6.45) is 7.89. The summed E-state index contributed by atoms with van der Waals surface area (Å²) >= 11 is 0. The van der Waals surface area contributed by atoms with E-state index >= 15 is 0 Å². The first-order valence-electron chi connectivity index (χ1n) is 6.26. The number of amides is 1. The van der Waals surface area contributed by atoms with Gasteiger partial charge in [0.05, 0.1) is 12.1 Å². The Kier molecular flexibility index (Phi) is 3.62. The van der Waals surface area contributed by atoms with Crippen LogP contribution in [0.4, 0.5) is 0 Å². The summed E-state index contributed by atoms with van der Waals surface area (Å²) in [4.78, 5) is 13.9. The molecule has 2 aliphatic rings. The SMILES string of the molecule is O=C1CCCCCCN1[C@H]1CCC[C@@H]1O. The van der Waals surface area contributed by atoms with E-state index in [4.69, 9.17) is 0 Å². The van der Waals surface area contributed by atoms with Gasteiger partial charge in [0.15, 0.2) is 0 Å². The molecule has 86 valence electrons. The summed E-state index contributed by atoms with van der Waals surface area (Å²) in [6, 6.07) is 0.121. The van der Waals surface area contributed by atoms with Gasteiger partial charge >= 0.3 is 0 Å². The Bertz CT molecular complexity index is 230. The highest BCUT2D eigenvalue weighted by Gasteiger charge is 2.33. The quantitative estimate of drug-likeness (QED) is 0.717. The van der Waals surface area contributed by atoms with Crippen molar-refractivity contribution in [1.29, 1.82) is 0 Å². The lowest BCUT2D eigenvalue weighted by Gasteiger charge is -2.32. The molecule has 0 unspecified atom stereocenters. The molecule has 1 N–H and O–H groups in total. The van der Waals surface area contributed by atoms with Crippen LogP contribution < -0.4 is 0 Å². The van der Waals surface area contributed by atoms with E-state index in [0.717, 1.165) is 38.6 Å². The number of aliphatic hydroxyl groups excluding tert-OH is 1. The molecule has 0 aromatic carbocycles. The molecule has 2 fully saturated rings. The number of carbonyl (C=O) groups excluding carboxylic acids is 1. The predicted octanol–water partition coefficient (Wildman–Crippen LogP) is 1.69. The van der Waals surface area contributed by atoms with Gasteiger partial charge in [-0.1, -0.05) is 12.8 Å². The fourth-order valence-corrected chi connectivity index (χ4v) is 2.82. The van der Waals surface area contributed by atoms with Gasteiger partial charge in [0.1, 0.15) is 0 Å². The summed E-state index contributed by atoms with van der Waals surface area (Å²) in [7, 11) is 0. The molecule has 3 nitrogen and oxygen atoms in total. The predicted molar refractivity (Wildman–Crippen MR) is 58.4 cm³/mol. The van der Waals surface area contributed by atoms with E-state index in [1.54, 1.807) is 0 Å². The molecule has 0 aromatic heterocycles. The number of rotatable bonds is 1. The maximum atomic E-state index is 11.9. The molecule has 1 amide bonds. The van der Waals surface area contributed by atoms with Crippen molar-refractivity contribution in [3.05, 3.63) is 0 Å². The number of aliphatic hydroxyl groups is 1. The Morgan fingerprint density at radius 2 is 1.87 bits per heavy atom. The summed E-state index contributed by atoms with van der Waals surface area (Å²) in [5.41, 5.74) is 0. The zero-order chi connectivity index (χ0) is 10.7. The average Bonchev–Trinajstić information content (AvgIpc) is 2.59. The van der Waals surface area contributed by atoms with Gasteiger partial charge in [-0.25, -0.2) is 0 Å². The van der Waals surface area contributed by atoms with Crippen LogP contribution in [0.2, 0.25) is 0 Å². The van der Waals surface area contributed by atoms with Crippen molar-refractivity contribution in [3.8, 4) is 0 Å². The summed E-state index contributed by atoms with van der Waals surface area (Å²) in [5, 5.41) is 9.83. The number of hydrogen-bond donors (Lipinski definition) is 1. The van der Waals surface area contributed by atoms with Crippen LogP contribution in [-0.2, 0) is 4.79 Å². The minimum Gasteiger partial charge on any atom is -0.391 e. The second kappa shape index (κ2) is 4.97. The van der Waals surface area contributed by atoms with Crippen molar-refractivity contribution < 1.29 is 9.90 Å². The third kappa shape index (κ3) is 2.51. The van der Waals surface area contributed by atoms with Crippen LogP contribution in [0.15, 0.2) is 0 Å². The van der Waals surface area contributed by atoms with Crippen LogP contribution >= 0.6 is 0 Å². The third-order valence-corrected chi connectivity index (χ3v) is 3.70. The molecule has 15 heavy (non-hydrogen) atoms. The molecule has 1 heterocycles. The standard InChI is InChI=1S/C12H21NO2/c14-11-7-5-6-10(11)13-9-4-2-1-3-8-12(13)15/h10-11,14H,1-9H2/t10-,11-/m0/s1. The van der Waals surface area contributed by atoms with E-state index in [2.05, 4.69) is 0 Å². The van der Waals surface area contributed by atoms with Gasteiger partial charge in [0.2, 0.25) is 5.91 Å². The van der Waals surface area contributed by atoms with Crippen LogP contribution in [0.1, 0.15) is 51.4 Å². The van der Waals surface area contributed by atoms with Gasteiger partial charge in [-0.15, -0.1) is 0 Å². The largest absolute Gasteiger partial charge is 0.391 e. The Balaban J connectivity index is 2.00. The van der Waals surface area contributed by atoms with Crippen LogP contribution in [0, 0.1) is 0 Å². The molecule has 3 heteroatoms. The second-order valence-electron chi connectivity index (χ2n) is 4.82. The summed E-state index contributed by atoms with van der Waals surface area (Å²) in [6.45, 7) is 0.862. The third-order valence-electron chi connectivity index (χ3n) is 3.70. The molecule has 1 aliphatic carbocycles. The van der Waals surface area contributed by atoms with E-state index in [-0.39, 0.29) is 18.1 Å². The Hall–Kier alpha value is -0.570. The van der Waals surface area contributed by atoms with Crippen molar-refractivity contribution in [1.82, 2.24) is 4.90 Å². The van der Waals surface area contributed by atoms with E-state index in [9.17, 15) is 9.90 Å². The second-order valence-corrected chi connectivity index (χ2v) is 4.82. The van der Waals surface area contributed by atoms with Gasteiger partial charge in [0, 0.05) is 13.0 Å². The number of carbonyl (C=O) groups is 1. The average molecular weight is 211 g/mol. The minimum absolute atomic E-state index is 0.121. The molecule has 0 spiro atoms. The van der Waals surface area contributed by atoms with Crippen molar-refractivity contribution in [2.24, 2.45) is 0 Å². The topological polar surface area (TPSA) is 40.5 Å². The molecule has 2 atom stereocenters. The molecule has 1 saturated carbocycles. The monoisotopic (exact) mass is 211 g/mol. The Morgan fingerprint density at radius 3 is 2.60 bits per heavy atom. The van der Waals surface area contributed by atoms with Crippen molar-refractivity contribution >= 4 is 5.91 Å². The van der Waals surface area contributed by atoms with Crippen LogP contribution in [0.3, 0.4) is 0 Å². The Labute approximate surface area is 91.5 Å². The molecular weight excluding hydrogens is 190 g/mol.